The molecular weight excluding hydrogens is 487 g/mol. The van der Waals surface area contributed by atoms with Gasteiger partial charge in [-0.2, -0.15) is 18.4 Å². The van der Waals surface area contributed by atoms with Crippen LogP contribution in [0.25, 0.3) is 22.5 Å². The lowest BCUT2D eigenvalue weighted by atomic mass is 10.1. The second-order valence-corrected chi connectivity index (χ2v) is 10.5. The van der Waals surface area contributed by atoms with Gasteiger partial charge >= 0.3 is 6.18 Å². The number of hydrogen-bond donors (Lipinski definition) is 0. The van der Waals surface area contributed by atoms with Gasteiger partial charge in [0.1, 0.15) is 11.0 Å². The van der Waals surface area contributed by atoms with Crippen LogP contribution in [0, 0.1) is 18.3 Å². The number of allylic oxidation sites excluding steroid dienone is 1. The van der Waals surface area contributed by atoms with Gasteiger partial charge in [-0.3, -0.25) is 4.98 Å². The molecule has 0 bridgehead atoms. The zero-order valence-corrected chi connectivity index (χ0v) is 20.5. The van der Waals surface area contributed by atoms with Gasteiger partial charge in [-0.15, -0.1) is 0 Å². The largest absolute Gasteiger partial charge is 0.418 e. The lowest BCUT2D eigenvalue weighted by Gasteiger charge is -2.19. The number of halogens is 3. The van der Waals surface area contributed by atoms with Gasteiger partial charge in [0.15, 0.2) is 0 Å². The Balaban J connectivity index is 1.94. The van der Waals surface area contributed by atoms with Crippen LogP contribution in [-0.4, -0.2) is 18.0 Å². The summed E-state index contributed by atoms with van der Waals surface area (Å²) in [5.41, 5.74) is 0.423. The van der Waals surface area contributed by atoms with Crippen LogP contribution in [-0.2, 0) is 16.0 Å². The number of aromatic nitrogens is 2. The lowest BCUT2D eigenvalue weighted by molar-refractivity contribution is -0.137. The zero-order chi connectivity index (χ0) is 26.3. The van der Waals surface area contributed by atoms with E-state index < -0.39 is 26.5 Å². The molecule has 0 fully saturated rings. The van der Waals surface area contributed by atoms with Crippen molar-refractivity contribution in [1.29, 1.82) is 5.26 Å². The molecule has 0 amide bonds. The first kappa shape index (κ1) is 25.2. The molecule has 184 valence electrons. The van der Waals surface area contributed by atoms with Gasteiger partial charge < -0.3 is 4.57 Å². The van der Waals surface area contributed by atoms with Crippen molar-refractivity contribution >= 4 is 26.7 Å². The Labute approximate surface area is 207 Å². The monoisotopic (exact) mass is 509 g/mol. The molecule has 0 saturated heterocycles. The molecule has 4 aromatic rings. The quantitative estimate of drug-likeness (QED) is 0.277. The highest BCUT2D eigenvalue weighted by molar-refractivity contribution is 7.96. The SMILES string of the molecule is Cc1c(/C=C(\C#N)S(=O)(=O)c2cccc3cnccc23)cc(C(C)C)n1-c1ccccc1C(F)(F)F. The number of nitrogens with zero attached hydrogens (tertiary/aromatic N) is 3. The summed E-state index contributed by atoms with van der Waals surface area (Å²) in [4.78, 5) is 3.45. The Bertz CT molecular complexity index is 1640. The van der Waals surface area contributed by atoms with Gasteiger partial charge in [0, 0.05) is 34.6 Å². The summed E-state index contributed by atoms with van der Waals surface area (Å²) in [6.45, 7) is 5.28. The topological polar surface area (TPSA) is 75.8 Å². The van der Waals surface area contributed by atoms with E-state index in [4.69, 9.17) is 0 Å². The number of benzene rings is 2. The smallest absolute Gasteiger partial charge is 0.317 e. The summed E-state index contributed by atoms with van der Waals surface area (Å²) in [5, 5.41) is 10.9. The fourth-order valence-electron chi connectivity index (χ4n) is 4.21. The van der Waals surface area contributed by atoms with E-state index in [0.29, 0.717) is 27.7 Å². The number of rotatable bonds is 5. The first-order valence-corrected chi connectivity index (χ1v) is 12.5. The summed E-state index contributed by atoms with van der Waals surface area (Å²) in [6.07, 6.45) is -0.360. The minimum atomic E-state index is -4.58. The predicted octanol–water partition coefficient (Wildman–Crippen LogP) is 6.81. The van der Waals surface area contributed by atoms with Crippen LogP contribution in [0.2, 0.25) is 0 Å². The highest BCUT2D eigenvalue weighted by Crippen LogP contribution is 2.37. The molecule has 0 spiro atoms. The molecule has 5 nitrogen and oxygen atoms in total. The van der Waals surface area contributed by atoms with Crippen LogP contribution in [0.1, 0.15) is 42.3 Å². The summed E-state index contributed by atoms with van der Waals surface area (Å²) >= 11 is 0. The van der Waals surface area contributed by atoms with Crippen LogP contribution >= 0.6 is 0 Å². The molecule has 0 unspecified atom stereocenters. The molecule has 9 heteroatoms. The molecule has 0 saturated carbocycles. The molecule has 36 heavy (non-hydrogen) atoms. The third-order valence-electron chi connectivity index (χ3n) is 5.97. The van der Waals surface area contributed by atoms with E-state index in [2.05, 4.69) is 4.98 Å². The van der Waals surface area contributed by atoms with E-state index in [1.807, 2.05) is 13.8 Å². The first-order valence-electron chi connectivity index (χ1n) is 11.0. The fourth-order valence-corrected chi connectivity index (χ4v) is 5.58. The van der Waals surface area contributed by atoms with Crippen molar-refractivity contribution < 1.29 is 21.6 Å². The second kappa shape index (κ2) is 9.28. The summed E-state index contributed by atoms with van der Waals surface area (Å²) in [7, 11) is -4.23. The number of alkyl halides is 3. The fraction of sp³-hybridized carbons (Fsp3) is 0.185. The average molecular weight is 510 g/mol. The molecule has 4 rings (SSSR count). The van der Waals surface area contributed by atoms with Crippen molar-refractivity contribution in [1.82, 2.24) is 9.55 Å². The average Bonchev–Trinajstić information content (AvgIpc) is 3.17. The van der Waals surface area contributed by atoms with Crippen molar-refractivity contribution in [3.05, 3.63) is 94.4 Å². The van der Waals surface area contributed by atoms with Crippen LogP contribution in [0.5, 0.6) is 0 Å². The second-order valence-electron chi connectivity index (χ2n) is 8.59. The maximum Gasteiger partial charge on any atom is 0.418 e. The van der Waals surface area contributed by atoms with Gasteiger partial charge in [-0.05, 0) is 54.8 Å². The molecule has 0 aliphatic carbocycles. The van der Waals surface area contributed by atoms with Crippen LogP contribution in [0.4, 0.5) is 13.2 Å². The van der Waals surface area contributed by atoms with E-state index in [0.717, 1.165) is 6.07 Å². The van der Waals surface area contributed by atoms with Gasteiger partial charge in [0.05, 0.1) is 16.1 Å². The van der Waals surface area contributed by atoms with Crippen LogP contribution in [0.3, 0.4) is 0 Å². The standard InChI is InChI=1S/C27H22F3N3O2S/c1-17(2)25-14-20(18(3)33(25)24-9-5-4-8-23(24)27(28,29)30)13-21(15-31)36(34,35)26-10-6-7-19-16-32-12-11-22(19)26/h4-14,16-17H,1-3H3/b21-13+. The molecule has 2 aromatic heterocycles. The number of hydrogen-bond acceptors (Lipinski definition) is 4. The Morgan fingerprint density at radius 2 is 1.83 bits per heavy atom. The van der Waals surface area contributed by atoms with Crippen LogP contribution in [0.15, 0.2) is 76.8 Å². The maximum atomic E-state index is 13.8. The van der Waals surface area contributed by atoms with Gasteiger partial charge in [-0.25, -0.2) is 8.42 Å². The molecule has 2 heterocycles. The summed E-state index contributed by atoms with van der Waals surface area (Å²) in [5.74, 6) is -0.181. The van der Waals surface area contributed by atoms with E-state index in [9.17, 15) is 26.9 Å². The maximum absolute atomic E-state index is 13.8. The Hall–Kier alpha value is -3.90. The molecule has 0 aliphatic rings. The van der Waals surface area contributed by atoms with Gasteiger partial charge in [0.2, 0.25) is 9.84 Å². The van der Waals surface area contributed by atoms with Crippen LogP contribution < -0.4 is 0 Å². The van der Waals surface area contributed by atoms with E-state index in [1.165, 1.54) is 47.3 Å². The van der Waals surface area contributed by atoms with E-state index in [-0.39, 0.29) is 16.5 Å². The first-order chi connectivity index (χ1) is 17.0. The van der Waals surface area contributed by atoms with Crippen molar-refractivity contribution in [3.8, 4) is 11.8 Å². The van der Waals surface area contributed by atoms with E-state index >= 15 is 0 Å². The molecule has 0 N–H and O–H groups in total. The van der Waals surface area contributed by atoms with Crippen molar-refractivity contribution in [2.75, 3.05) is 0 Å². The Morgan fingerprint density at radius 3 is 2.50 bits per heavy atom. The molecule has 0 atom stereocenters. The van der Waals surface area contributed by atoms with Crippen molar-refractivity contribution in [2.24, 2.45) is 0 Å². The number of sulfone groups is 1. The van der Waals surface area contributed by atoms with Gasteiger partial charge in [0.25, 0.3) is 0 Å². The number of fused-ring (bicyclic) bond motifs is 1. The molecule has 2 aromatic carbocycles. The zero-order valence-electron chi connectivity index (χ0n) is 19.7. The molecule has 0 aliphatic heterocycles. The minimum Gasteiger partial charge on any atom is -0.317 e. The normalized spacial score (nSPS) is 12.8. The lowest BCUT2D eigenvalue weighted by Crippen LogP contribution is -2.13. The van der Waals surface area contributed by atoms with Crippen molar-refractivity contribution in [2.45, 2.75) is 37.8 Å². The predicted molar refractivity (Wildman–Crippen MR) is 132 cm³/mol. The molecule has 0 radical (unpaired) electrons. The highest BCUT2D eigenvalue weighted by Gasteiger charge is 2.35. The number of nitriles is 1. The third kappa shape index (κ3) is 4.40. The Morgan fingerprint density at radius 1 is 1.11 bits per heavy atom. The minimum absolute atomic E-state index is 0.0428. The number of pyridine rings is 1. The third-order valence-corrected chi connectivity index (χ3v) is 7.70. The Kier molecular flexibility index (Phi) is 6.50. The van der Waals surface area contributed by atoms with Crippen molar-refractivity contribution in [3.63, 3.8) is 0 Å². The summed E-state index contributed by atoms with van der Waals surface area (Å²) in [6, 6.07) is 14.9. The molecular formula is C27H22F3N3O2S. The summed E-state index contributed by atoms with van der Waals surface area (Å²) < 4.78 is 69.9. The number of para-hydroxylation sites is 1. The van der Waals surface area contributed by atoms with Gasteiger partial charge in [-0.1, -0.05) is 38.1 Å². The highest BCUT2D eigenvalue weighted by atomic mass is 32.2. The van der Waals surface area contributed by atoms with E-state index in [1.54, 1.807) is 37.3 Å².